The standard InChI is InChI=1S/C20H17N3O5S/c1-10-7-15(23-28-10)20(2,26)6-5-11-3-4-14-12(8-11)16-17(13(24)9-27-14)29-19(22-16)18(21)25/h3-4,7-8,13,24,26H,9H2,1-2H3,(H2,21,25)/t13-,20+/m0/s1. The van der Waals surface area contributed by atoms with Crippen LogP contribution < -0.4 is 10.5 Å². The van der Waals surface area contributed by atoms with Crippen LogP contribution in [0, 0.1) is 18.8 Å². The Morgan fingerprint density at radius 1 is 1.41 bits per heavy atom. The van der Waals surface area contributed by atoms with Crippen molar-refractivity contribution in [3.05, 3.63) is 51.2 Å². The number of carbonyl (C=O) groups is 1. The molecule has 1 aromatic carbocycles. The van der Waals surface area contributed by atoms with Gasteiger partial charge >= 0.3 is 0 Å². The number of hydrogen-bond acceptors (Lipinski definition) is 8. The fourth-order valence-electron chi connectivity index (χ4n) is 2.87. The highest BCUT2D eigenvalue weighted by Gasteiger charge is 2.28. The fraction of sp³-hybridized carbons (Fsp3) is 0.250. The van der Waals surface area contributed by atoms with Gasteiger partial charge in [0.05, 0.1) is 10.6 Å². The largest absolute Gasteiger partial charge is 0.490 e. The van der Waals surface area contributed by atoms with Gasteiger partial charge in [0.15, 0.2) is 10.6 Å². The van der Waals surface area contributed by atoms with Crippen molar-refractivity contribution >= 4 is 17.2 Å². The van der Waals surface area contributed by atoms with Crippen molar-refractivity contribution in [3.8, 4) is 28.8 Å². The molecule has 2 atom stereocenters. The number of hydrogen-bond donors (Lipinski definition) is 3. The maximum atomic E-state index is 11.5. The Balaban J connectivity index is 1.76. The normalized spacial score (nSPS) is 17.0. The van der Waals surface area contributed by atoms with Gasteiger partial charge in [0.25, 0.3) is 5.91 Å². The molecule has 0 saturated carbocycles. The van der Waals surface area contributed by atoms with E-state index in [0.29, 0.717) is 38.9 Å². The lowest BCUT2D eigenvalue weighted by molar-refractivity contribution is 0.0999. The first-order chi connectivity index (χ1) is 13.7. The van der Waals surface area contributed by atoms with E-state index >= 15 is 0 Å². The summed E-state index contributed by atoms with van der Waals surface area (Å²) < 4.78 is 10.7. The predicted molar refractivity (Wildman–Crippen MR) is 104 cm³/mol. The summed E-state index contributed by atoms with van der Waals surface area (Å²) in [6.07, 6.45) is -0.923. The summed E-state index contributed by atoms with van der Waals surface area (Å²) in [5.74, 6) is 6.13. The van der Waals surface area contributed by atoms with Crippen LogP contribution >= 0.6 is 11.3 Å². The molecule has 0 bridgehead atoms. The summed E-state index contributed by atoms with van der Waals surface area (Å²) in [6.45, 7) is 3.29. The van der Waals surface area contributed by atoms with Crippen molar-refractivity contribution in [2.24, 2.45) is 5.73 Å². The van der Waals surface area contributed by atoms with Gasteiger partial charge in [0.1, 0.15) is 29.9 Å². The van der Waals surface area contributed by atoms with E-state index in [4.69, 9.17) is 15.0 Å². The van der Waals surface area contributed by atoms with E-state index in [1.54, 1.807) is 31.2 Å². The van der Waals surface area contributed by atoms with E-state index in [-0.39, 0.29) is 11.6 Å². The van der Waals surface area contributed by atoms with E-state index in [9.17, 15) is 15.0 Å². The first kappa shape index (κ1) is 19.1. The molecule has 0 fully saturated rings. The average molecular weight is 411 g/mol. The number of rotatable bonds is 2. The highest BCUT2D eigenvalue weighted by molar-refractivity contribution is 7.14. The van der Waals surface area contributed by atoms with Crippen LogP contribution in [0.1, 0.15) is 44.7 Å². The van der Waals surface area contributed by atoms with E-state index in [1.165, 1.54) is 6.92 Å². The van der Waals surface area contributed by atoms with Gasteiger partial charge in [-0.3, -0.25) is 4.79 Å². The lowest BCUT2D eigenvalue weighted by atomic mass is 10.0. The Bertz CT molecular complexity index is 1170. The second-order valence-electron chi connectivity index (χ2n) is 6.78. The lowest BCUT2D eigenvalue weighted by Crippen LogP contribution is -2.18. The number of primary amides is 1. The monoisotopic (exact) mass is 411 g/mol. The third-order valence-electron chi connectivity index (χ3n) is 4.38. The van der Waals surface area contributed by atoms with Crippen molar-refractivity contribution in [2.45, 2.75) is 25.6 Å². The molecule has 148 valence electrons. The molecule has 4 N–H and O–H groups in total. The van der Waals surface area contributed by atoms with Crippen molar-refractivity contribution in [2.75, 3.05) is 6.61 Å². The number of aryl methyl sites for hydroxylation is 1. The number of aromatic nitrogens is 2. The zero-order valence-corrected chi connectivity index (χ0v) is 16.4. The van der Waals surface area contributed by atoms with Crippen LogP contribution in [0.2, 0.25) is 0 Å². The minimum Gasteiger partial charge on any atom is -0.490 e. The Hall–Kier alpha value is -3.19. The third-order valence-corrected chi connectivity index (χ3v) is 5.55. The molecule has 2 aromatic heterocycles. The highest BCUT2D eigenvalue weighted by Crippen LogP contribution is 2.41. The van der Waals surface area contributed by atoms with Gasteiger partial charge in [0.2, 0.25) is 0 Å². The summed E-state index contributed by atoms with van der Waals surface area (Å²) in [5, 5.41) is 24.8. The quantitative estimate of drug-likeness (QED) is 0.549. The number of ether oxygens (including phenoxy) is 1. The highest BCUT2D eigenvalue weighted by atomic mass is 32.1. The molecule has 3 heterocycles. The fourth-order valence-corrected chi connectivity index (χ4v) is 3.78. The summed E-state index contributed by atoms with van der Waals surface area (Å²) in [4.78, 5) is 16.3. The van der Waals surface area contributed by atoms with E-state index in [1.807, 2.05) is 0 Å². The van der Waals surface area contributed by atoms with Gasteiger partial charge in [-0.25, -0.2) is 4.98 Å². The number of fused-ring (bicyclic) bond motifs is 3. The maximum absolute atomic E-state index is 11.5. The van der Waals surface area contributed by atoms with Gasteiger partial charge in [-0.15, -0.1) is 11.3 Å². The lowest BCUT2D eigenvalue weighted by Gasteiger charge is -2.11. The number of aliphatic hydroxyl groups is 2. The number of amides is 1. The molecule has 0 radical (unpaired) electrons. The number of carbonyl (C=O) groups excluding carboxylic acids is 1. The molecule has 29 heavy (non-hydrogen) atoms. The van der Waals surface area contributed by atoms with Crippen LogP contribution in [0.5, 0.6) is 5.75 Å². The van der Waals surface area contributed by atoms with Crippen LogP contribution in [0.15, 0.2) is 28.8 Å². The van der Waals surface area contributed by atoms with E-state index < -0.39 is 17.6 Å². The molecule has 0 saturated heterocycles. The molecular formula is C20H17N3O5S. The average Bonchev–Trinajstić information content (AvgIpc) is 3.29. The van der Waals surface area contributed by atoms with Crippen molar-refractivity contribution in [1.29, 1.82) is 0 Å². The van der Waals surface area contributed by atoms with Crippen molar-refractivity contribution in [3.63, 3.8) is 0 Å². The SMILES string of the molecule is Cc1cc([C@](C)(O)C#Cc2ccc3c(c2)-c2nc(C(N)=O)sc2[C@@H](O)CO3)no1. The molecule has 0 unspecified atom stereocenters. The molecule has 1 aliphatic heterocycles. The number of benzene rings is 1. The van der Waals surface area contributed by atoms with Gasteiger partial charge in [-0.2, -0.15) is 0 Å². The van der Waals surface area contributed by atoms with Gasteiger partial charge in [-0.05, 0) is 32.0 Å². The summed E-state index contributed by atoms with van der Waals surface area (Å²) in [5.41, 5.74) is 5.77. The molecule has 1 amide bonds. The minimum absolute atomic E-state index is 0.0334. The number of aliphatic hydroxyl groups excluding tert-OH is 1. The van der Waals surface area contributed by atoms with Crippen LogP contribution in [0.3, 0.4) is 0 Å². The zero-order valence-electron chi connectivity index (χ0n) is 15.6. The maximum Gasteiger partial charge on any atom is 0.277 e. The third kappa shape index (κ3) is 3.61. The molecule has 8 nitrogen and oxygen atoms in total. The van der Waals surface area contributed by atoms with Crippen molar-refractivity contribution < 1.29 is 24.3 Å². The zero-order chi connectivity index (χ0) is 20.8. The first-order valence-corrected chi connectivity index (χ1v) is 9.51. The molecule has 3 aromatic rings. The van der Waals surface area contributed by atoms with Gasteiger partial charge < -0.3 is 25.2 Å². The summed E-state index contributed by atoms with van der Waals surface area (Å²) >= 11 is 1.04. The van der Waals surface area contributed by atoms with Gasteiger partial charge in [-0.1, -0.05) is 17.0 Å². The second kappa shape index (κ2) is 7.00. The number of thiazole rings is 1. The van der Waals surface area contributed by atoms with Crippen LogP contribution in [-0.4, -0.2) is 32.9 Å². The summed E-state index contributed by atoms with van der Waals surface area (Å²) in [7, 11) is 0. The number of nitrogens with two attached hydrogens (primary N) is 1. The molecule has 9 heteroatoms. The second-order valence-corrected chi connectivity index (χ2v) is 7.81. The molecule has 0 aliphatic carbocycles. The molecule has 0 spiro atoms. The molecular weight excluding hydrogens is 394 g/mol. The Morgan fingerprint density at radius 2 is 2.21 bits per heavy atom. The summed E-state index contributed by atoms with van der Waals surface area (Å²) in [6, 6.07) is 6.79. The molecule has 1 aliphatic rings. The van der Waals surface area contributed by atoms with E-state index in [0.717, 1.165) is 11.3 Å². The number of nitrogens with zero attached hydrogens (tertiary/aromatic N) is 2. The Morgan fingerprint density at radius 3 is 2.90 bits per heavy atom. The topological polar surface area (TPSA) is 132 Å². The Labute approximate surface area is 169 Å². The van der Waals surface area contributed by atoms with Crippen LogP contribution in [0.25, 0.3) is 11.3 Å². The van der Waals surface area contributed by atoms with Gasteiger partial charge in [0, 0.05) is 17.2 Å². The molecule has 4 rings (SSSR count). The minimum atomic E-state index is -1.50. The van der Waals surface area contributed by atoms with Crippen LogP contribution in [-0.2, 0) is 5.60 Å². The van der Waals surface area contributed by atoms with Crippen molar-refractivity contribution in [1.82, 2.24) is 10.1 Å². The predicted octanol–water partition coefficient (Wildman–Crippen LogP) is 1.89. The smallest absolute Gasteiger partial charge is 0.277 e. The van der Waals surface area contributed by atoms with Crippen LogP contribution in [0.4, 0.5) is 0 Å². The Kier molecular flexibility index (Phi) is 4.62. The van der Waals surface area contributed by atoms with E-state index in [2.05, 4.69) is 22.0 Å². The first-order valence-electron chi connectivity index (χ1n) is 8.70.